The normalized spacial score (nSPS) is 10.4. The van der Waals surface area contributed by atoms with Crippen LogP contribution in [0.15, 0.2) is 24.4 Å². The van der Waals surface area contributed by atoms with Crippen LogP contribution in [0.2, 0.25) is 0 Å². The molecule has 2 aromatic rings. The van der Waals surface area contributed by atoms with Crippen LogP contribution in [-0.2, 0) is 0 Å². The molecule has 3 N–H and O–H groups in total. The summed E-state index contributed by atoms with van der Waals surface area (Å²) in [5, 5.41) is 20.4. The average Bonchev–Trinajstić information content (AvgIpc) is 2.17. The van der Waals surface area contributed by atoms with E-state index in [2.05, 4.69) is 4.98 Å². The Morgan fingerprint density at radius 3 is 2.93 bits per heavy atom. The quantitative estimate of drug-likeness (QED) is 0.416. The molecule has 0 unspecified atom stereocenters. The highest BCUT2D eigenvalue weighted by Gasteiger charge is 2.20. The number of fused-ring (bicyclic) bond motifs is 1. The Morgan fingerprint density at radius 2 is 2.27 bits per heavy atom. The summed E-state index contributed by atoms with van der Waals surface area (Å²) in [5.74, 6) is -0.446. The van der Waals surface area contributed by atoms with Gasteiger partial charge in [0, 0.05) is 12.3 Å². The van der Waals surface area contributed by atoms with Crippen molar-refractivity contribution in [2.75, 3.05) is 5.73 Å². The zero-order valence-electron chi connectivity index (χ0n) is 7.54. The lowest BCUT2D eigenvalue weighted by molar-refractivity contribution is -0.384. The molecule has 0 radical (unpaired) electrons. The fourth-order valence-corrected chi connectivity index (χ4v) is 1.44. The Hall–Kier alpha value is -2.37. The first-order chi connectivity index (χ1) is 7.11. The van der Waals surface area contributed by atoms with Gasteiger partial charge in [-0.05, 0) is 12.1 Å². The van der Waals surface area contributed by atoms with Crippen molar-refractivity contribution >= 4 is 22.3 Å². The van der Waals surface area contributed by atoms with Crippen molar-refractivity contribution in [2.45, 2.75) is 0 Å². The first-order valence-corrected chi connectivity index (χ1v) is 4.12. The molecule has 2 rings (SSSR count). The molecular formula is C9H7N3O3. The van der Waals surface area contributed by atoms with Gasteiger partial charge in [0.05, 0.1) is 16.0 Å². The maximum Gasteiger partial charge on any atom is 0.320 e. The number of pyridine rings is 1. The predicted octanol–water partition coefficient (Wildman–Crippen LogP) is 1.43. The van der Waals surface area contributed by atoms with E-state index in [1.807, 2.05) is 0 Å². The summed E-state index contributed by atoms with van der Waals surface area (Å²) in [6.07, 6.45) is 1.49. The van der Waals surface area contributed by atoms with Crippen molar-refractivity contribution in [3.05, 3.63) is 34.5 Å². The lowest BCUT2D eigenvalue weighted by Gasteiger charge is -2.03. The molecule has 15 heavy (non-hydrogen) atoms. The molecule has 0 atom stereocenters. The van der Waals surface area contributed by atoms with Crippen LogP contribution in [0.5, 0.6) is 5.75 Å². The van der Waals surface area contributed by atoms with E-state index in [4.69, 9.17) is 5.73 Å². The minimum Gasteiger partial charge on any atom is -0.502 e. The summed E-state index contributed by atoms with van der Waals surface area (Å²) in [4.78, 5) is 14.0. The third-order valence-electron chi connectivity index (χ3n) is 2.05. The number of nitrogens with two attached hydrogens (primary N) is 1. The first kappa shape index (κ1) is 9.20. The van der Waals surface area contributed by atoms with E-state index >= 15 is 0 Å². The summed E-state index contributed by atoms with van der Waals surface area (Å²) in [5.41, 5.74) is 5.75. The van der Waals surface area contributed by atoms with Gasteiger partial charge in [0.15, 0.2) is 5.75 Å². The second kappa shape index (κ2) is 3.09. The van der Waals surface area contributed by atoms with Crippen molar-refractivity contribution < 1.29 is 10.0 Å². The van der Waals surface area contributed by atoms with Crippen LogP contribution in [0.4, 0.5) is 11.4 Å². The summed E-state index contributed by atoms with van der Waals surface area (Å²) in [7, 11) is 0. The van der Waals surface area contributed by atoms with Crippen LogP contribution >= 0.6 is 0 Å². The predicted molar refractivity (Wildman–Crippen MR) is 54.5 cm³/mol. The molecule has 0 aliphatic rings. The van der Waals surface area contributed by atoms with Gasteiger partial charge in [-0.1, -0.05) is 0 Å². The maximum absolute atomic E-state index is 10.7. The van der Waals surface area contributed by atoms with Gasteiger partial charge >= 0.3 is 5.69 Å². The molecule has 6 nitrogen and oxygen atoms in total. The molecule has 0 amide bonds. The standard InChI is InChI=1S/C9H7N3O3/c10-6-4-7(13)9(12(14)15)5-2-1-3-11-8(5)6/h1-4,13H,10H2. The first-order valence-electron chi connectivity index (χ1n) is 4.12. The topological polar surface area (TPSA) is 102 Å². The Bertz CT molecular complexity index is 554. The van der Waals surface area contributed by atoms with Gasteiger partial charge in [-0.25, -0.2) is 0 Å². The number of phenolic OH excluding ortho intramolecular Hbond substituents is 1. The van der Waals surface area contributed by atoms with Crippen molar-refractivity contribution in [1.82, 2.24) is 4.98 Å². The smallest absolute Gasteiger partial charge is 0.320 e. The molecule has 0 spiro atoms. The molecule has 1 aromatic carbocycles. The van der Waals surface area contributed by atoms with Crippen LogP contribution < -0.4 is 5.73 Å². The molecule has 0 saturated heterocycles. The molecule has 1 heterocycles. The van der Waals surface area contributed by atoms with Gasteiger partial charge in [-0.2, -0.15) is 0 Å². The van der Waals surface area contributed by atoms with Crippen LogP contribution in [0.25, 0.3) is 10.9 Å². The summed E-state index contributed by atoms with van der Waals surface area (Å²) in [6.45, 7) is 0. The minimum atomic E-state index is -0.654. The highest BCUT2D eigenvalue weighted by molar-refractivity contribution is 5.98. The average molecular weight is 205 g/mol. The van der Waals surface area contributed by atoms with Crippen molar-refractivity contribution in [1.29, 1.82) is 0 Å². The maximum atomic E-state index is 10.7. The van der Waals surface area contributed by atoms with E-state index in [-0.39, 0.29) is 16.8 Å². The number of anilines is 1. The van der Waals surface area contributed by atoms with Gasteiger partial charge < -0.3 is 10.8 Å². The number of nitrogens with zero attached hydrogens (tertiary/aromatic N) is 2. The lowest BCUT2D eigenvalue weighted by Crippen LogP contribution is -1.95. The third-order valence-corrected chi connectivity index (χ3v) is 2.05. The van der Waals surface area contributed by atoms with Crippen LogP contribution in [-0.4, -0.2) is 15.0 Å². The molecule has 1 aromatic heterocycles. The highest BCUT2D eigenvalue weighted by Crippen LogP contribution is 2.36. The number of phenols is 1. The number of aromatic hydroxyl groups is 1. The zero-order valence-corrected chi connectivity index (χ0v) is 7.54. The van der Waals surface area contributed by atoms with E-state index in [0.29, 0.717) is 5.52 Å². The molecule has 0 aliphatic heterocycles. The molecule has 0 aliphatic carbocycles. The lowest BCUT2D eigenvalue weighted by atomic mass is 10.1. The molecule has 0 fully saturated rings. The summed E-state index contributed by atoms with van der Waals surface area (Å²) >= 11 is 0. The Balaban J connectivity index is 2.96. The fraction of sp³-hybridized carbons (Fsp3) is 0. The van der Waals surface area contributed by atoms with Crippen LogP contribution in [0, 0.1) is 10.1 Å². The highest BCUT2D eigenvalue weighted by atomic mass is 16.6. The largest absolute Gasteiger partial charge is 0.502 e. The number of nitrogen functional groups attached to an aromatic ring is 1. The van der Waals surface area contributed by atoms with Gasteiger partial charge in [0.25, 0.3) is 0 Å². The van der Waals surface area contributed by atoms with Crippen LogP contribution in [0.3, 0.4) is 0 Å². The molecule has 0 saturated carbocycles. The number of nitro benzene ring substituents is 1. The van der Waals surface area contributed by atoms with E-state index < -0.39 is 10.7 Å². The van der Waals surface area contributed by atoms with E-state index in [1.165, 1.54) is 12.3 Å². The Labute approximate surface area is 84.1 Å². The fourth-order valence-electron chi connectivity index (χ4n) is 1.44. The molecule has 0 bridgehead atoms. The number of hydrogen-bond donors (Lipinski definition) is 2. The van der Waals surface area contributed by atoms with Gasteiger partial charge in [-0.15, -0.1) is 0 Å². The molecular weight excluding hydrogens is 198 g/mol. The third kappa shape index (κ3) is 1.32. The van der Waals surface area contributed by atoms with Crippen molar-refractivity contribution in [3.63, 3.8) is 0 Å². The van der Waals surface area contributed by atoms with Gasteiger partial charge in [0.2, 0.25) is 0 Å². The molecule has 76 valence electrons. The number of benzene rings is 1. The van der Waals surface area contributed by atoms with Gasteiger partial charge in [-0.3, -0.25) is 15.1 Å². The second-order valence-electron chi connectivity index (χ2n) is 2.99. The van der Waals surface area contributed by atoms with Crippen LogP contribution in [0.1, 0.15) is 0 Å². The van der Waals surface area contributed by atoms with Crippen molar-refractivity contribution in [2.24, 2.45) is 0 Å². The summed E-state index contributed by atoms with van der Waals surface area (Å²) < 4.78 is 0. The van der Waals surface area contributed by atoms with E-state index in [1.54, 1.807) is 6.07 Å². The number of hydrogen-bond acceptors (Lipinski definition) is 5. The SMILES string of the molecule is Nc1cc(O)c([N+](=O)[O-])c2cccnc12. The minimum absolute atomic E-state index is 0.216. The van der Waals surface area contributed by atoms with E-state index in [9.17, 15) is 15.2 Å². The Morgan fingerprint density at radius 1 is 1.53 bits per heavy atom. The van der Waals surface area contributed by atoms with E-state index in [0.717, 1.165) is 6.07 Å². The zero-order chi connectivity index (χ0) is 11.0. The Kier molecular flexibility index (Phi) is 1.89. The summed E-state index contributed by atoms with van der Waals surface area (Å²) in [6, 6.07) is 4.18. The monoisotopic (exact) mass is 205 g/mol. The number of aromatic nitrogens is 1. The molecule has 6 heteroatoms. The number of nitro groups is 1. The number of rotatable bonds is 1. The second-order valence-corrected chi connectivity index (χ2v) is 2.99. The van der Waals surface area contributed by atoms with Crippen molar-refractivity contribution in [3.8, 4) is 5.75 Å². The van der Waals surface area contributed by atoms with Gasteiger partial charge in [0.1, 0.15) is 5.52 Å².